The third-order valence-electron chi connectivity index (χ3n) is 4.75. The van der Waals surface area contributed by atoms with Crippen LogP contribution in [0.4, 0.5) is 5.69 Å². The molecule has 3 heterocycles. The number of fused-ring (bicyclic) bond motifs is 1. The van der Waals surface area contributed by atoms with Gasteiger partial charge in [-0.05, 0) is 23.2 Å². The summed E-state index contributed by atoms with van der Waals surface area (Å²) in [5.74, 6) is 0.0155. The minimum absolute atomic E-state index is 0.0384. The summed E-state index contributed by atoms with van der Waals surface area (Å²) in [7, 11) is 0. The third kappa shape index (κ3) is 2.52. The molecule has 2 aromatic rings. The first-order valence-electron chi connectivity index (χ1n) is 7.99. The molecule has 2 aliphatic heterocycles. The number of aromatic nitrogens is 2. The second-order valence-electron chi connectivity index (χ2n) is 6.14. The van der Waals surface area contributed by atoms with Crippen LogP contribution < -0.4 is 10.2 Å². The highest BCUT2D eigenvalue weighted by Gasteiger charge is 2.35. The average Bonchev–Trinajstić information content (AvgIpc) is 3.18. The van der Waals surface area contributed by atoms with Gasteiger partial charge in [-0.2, -0.15) is 5.10 Å². The van der Waals surface area contributed by atoms with Crippen LogP contribution in [0.3, 0.4) is 0 Å². The Balaban J connectivity index is 1.65. The number of carbonyl (C=O) groups excluding carboxylic acids is 2. The predicted octanol–water partition coefficient (Wildman–Crippen LogP) is 1.89. The number of nitrogens with zero attached hydrogens (tertiary/aromatic N) is 3. The Labute approximate surface area is 144 Å². The summed E-state index contributed by atoms with van der Waals surface area (Å²) < 4.78 is 1.95. The Morgan fingerprint density at radius 2 is 2.17 bits per heavy atom. The summed E-state index contributed by atoms with van der Waals surface area (Å²) in [6.45, 7) is 2.94. The first kappa shape index (κ1) is 15.4. The first-order chi connectivity index (χ1) is 11.6. The number of nitrogens with one attached hydrogen (secondary N) is 1. The molecule has 1 N–H and O–H groups in total. The zero-order chi connectivity index (χ0) is 16.7. The van der Waals surface area contributed by atoms with E-state index in [-0.39, 0.29) is 11.8 Å². The molecule has 1 unspecified atom stereocenters. The maximum absolute atomic E-state index is 12.6. The van der Waals surface area contributed by atoms with Gasteiger partial charge in [-0.3, -0.25) is 14.3 Å². The first-order valence-corrected chi connectivity index (χ1v) is 8.37. The predicted molar refractivity (Wildman–Crippen MR) is 90.3 cm³/mol. The smallest absolute Gasteiger partial charge is 0.252 e. The van der Waals surface area contributed by atoms with Crippen molar-refractivity contribution in [3.05, 3.63) is 47.3 Å². The van der Waals surface area contributed by atoms with Crippen LogP contribution in [0.25, 0.3) is 0 Å². The molecule has 6 nitrogen and oxygen atoms in total. The minimum atomic E-state index is -0.483. The van der Waals surface area contributed by atoms with E-state index in [0.29, 0.717) is 25.1 Å². The van der Waals surface area contributed by atoms with Crippen molar-refractivity contribution >= 4 is 28.4 Å². The number of hydrogen-bond acceptors (Lipinski definition) is 4. The molecule has 124 valence electrons. The lowest BCUT2D eigenvalue weighted by atomic mass is 9.94. The van der Waals surface area contributed by atoms with Crippen molar-refractivity contribution in [2.45, 2.75) is 25.4 Å². The largest absolute Gasteiger partial charge is 0.309 e. The zero-order valence-electron chi connectivity index (χ0n) is 13.0. The van der Waals surface area contributed by atoms with E-state index < -0.39 is 5.24 Å². The van der Waals surface area contributed by atoms with Crippen molar-refractivity contribution in [3.63, 3.8) is 0 Å². The number of rotatable bonds is 3. The molecule has 1 aromatic carbocycles. The molecule has 4 rings (SSSR count). The van der Waals surface area contributed by atoms with Crippen LogP contribution in [0, 0.1) is 0 Å². The van der Waals surface area contributed by atoms with Crippen LogP contribution in [0.2, 0.25) is 0 Å². The van der Waals surface area contributed by atoms with Gasteiger partial charge in [0.2, 0.25) is 5.91 Å². The summed E-state index contributed by atoms with van der Waals surface area (Å²) in [5.41, 5.74) is 3.23. The molecule has 0 saturated carbocycles. The Kier molecular flexibility index (Phi) is 3.86. The van der Waals surface area contributed by atoms with Crippen molar-refractivity contribution in [2.24, 2.45) is 0 Å². The molecule has 2 aliphatic rings. The molecule has 0 radical (unpaired) electrons. The number of halogens is 1. The molecule has 0 aliphatic carbocycles. The van der Waals surface area contributed by atoms with Gasteiger partial charge in [0, 0.05) is 37.5 Å². The van der Waals surface area contributed by atoms with Gasteiger partial charge in [0.25, 0.3) is 5.24 Å². The maximum atomic E-state index is 12.6. The number of hydrogen-bond donors (Lipinski definition) is 1. The topological polar surface area (TPSA) is 67.2 Å². The van der Waals surface area contributed by atoms with Crippen molar-refractivity contribution in [1.29, 1.82) is 0 Å². The summed E-state index contributed by atoms with van der Waals surface area (Å²) in [6.07, 6.45) is 2.14. The van der Waals surface area contributed by atoms with E-state index >= 15 is 0 Å². The van der Waals surface area contributed by atoms with Crippen LogP contribution in [0.15, 0.2) is 30.5 Å². The monoisotopic (exact) mass is 344 g/mol. The van der Waals surface area contributed by atoms with Gasteiger partial charge in [0.15, 0.2) is 0 Å². The summed E-state index contributed by atoms with van der Waals surface area (Å²) in [6, 6.07) is 7.25. The molecule has 1 amide bonds. The van der Waals surface area contributed by atoms with Crippen molar-refractivity contribution in [1.82, 2.24) is 15.1 Å². The van der Waals surface area contributed by atoms with Gasteiger partial charge < -0.3 is 10.2 Å². The lowest BCUT2D eigenvalue weighted by Crippen LogP contribution is -2.31. The standard InChI is InChI=1S/C17H17ClN4O2/c18-17(24)13-4-2-1-3-12(13)11-7-16(23)21(10-11)14-9-20-22-6-5-19-8-15(14)22/h1-4,9,11,19H,5-8,10H2. The maximum Gasteiger partial charge on any atom is 0.252 e. The highest BCUT2D eigenvalue weighted by Crippen LogP contribution is 2.35. The van der Waals surface area contributed by atoms with E-state index in [4.69, 9.17) is 11.6 Å². The Hall–Kier alpha value is -2.18. The Morgan fingerprint density at radius 3 is 3.00 bits per heavy atom. The van der Waals surface area contributed by atoms with Crippen LogP contribution in [0.5, 0.6) is 0 Å². The van der Waals surface area contributed by atoms with Crippen LogP contribution >= 0.6 is 11.6 Å². The van der Waals surface area contributed by atoms with E-state index in [1.807, 2.05) is 16.8 Å². The van der Waals surface area contributed by atoms with Gasteiger partial charge in [-0.15, -0.1) is 0 Å². The SMILES string of the molecule is O=C(Cl)c1ccccc1C1CC(=O)N(c2cnn3c2CNCC3)C1. The number of amides is 1. The fourth-order valence-electron chi connectivity index (χ4n) is 3.57. The number of anilines is 1. The molecule has 24 heavy (non-hydrogen) atoms. The zero-order valence-corrected chi connectivity index (χ0v) is 13.8. The average molecular weight is 345 g/mol. The summed E-state index contributed by atoms with van der Waals surface area (Å²) >= 11 is 5.69. The van der Waals surface area contributed by atoms with Crippen LogP contribution in [-0.2, 0) is 17.9 Å². The van der Waals surface area contributed by atoms with Crippen LogP contribution in [-0.4, -0.2) is 34.0 Å². The van der Waals surface area contributed by atoms with E-state index in [0.717, 1.165) is 30.0 Å². The van der Waals surface area contributed by atoms with Crippen LogP contribution in [0.1, 0.15) is 34.0 Å². The second kappa shape index (κ2) is 6.03. The van der Waals surface area contributed by atoms with E-state index in [9.17, 15) is 9.59 Å². The van der Waals surface area contributed by atoms with Crippen molar-refractivity contribution in [2.75, 3.05) is 18.0 Å². The fraction of sp³-hybridized carbons (Fsp3) is 0.353. The quantitative estimate of drug-likeness (QED) is 0.863. The molecule has 0 bridgehead atoms. The number of benzene rings is 1. The second-order valence-corrected chi connectivity index (χ2v) is 6.49. The molecule has 1 fully saturated rings. The van der Waals surface area contributed by atoms with E-state index in [1.165, 1.54) is 0 Å². The molecular formula is C17H17ClN4O2. The third-order valence-corrected chi connectivity index (χ3v) is 4.95. The molecule has 1 saturated heterocycles. The van der Waals surface area contributed by atoms with Gasteiger partial charge in [0.1, 0.15) is 0 Å². The minimum Gasteiger partial charge on any atom is -0.309 e. The highest BCUT2D eigenvalue weighted by molar-refractivity contribution is 6.67. The van der Waals surface area contributed by atoms with Crippen molar-refractivity contribution < 1.29 is 9.59 Å². The number of carbonyl (C=O) groups is 2. The summed E-state index contributed by atoms with van der Waals surface area (Å²) in [5, 5.41) is 7.22. The van der Waals surface area contributed by atoms with Crippen molar-refractivity contribution in [3.8, 4) is 0 Å². The highest BCUT2D eigenvalue weighted by atomic mass is 35.5. The molecule has 7 heteroatoms. The normalized spacial score (nSPS) is 20.3. The Bertz CT molecular complexity index is 817. The van der Waals surface area contributed by atoms with E-state index in [1.54, 1.807) is 23.2 Å². The molecule has 1 aromatic heterocycles. The lowest BCUT2D eigenvalue weighted by Gasteiger charge is -2.21. The summed E-state index contributed by atoms with van der Waals surface area (Å²) in [4.78, 5) is 26.0. The molecule has 0 spiro atoms. The lowest BCUT2D eigenvalue weighted by molar-refractivity contribution is -0.117. The van der Waals surface area contributed by atoms with Gasteiger partial charge in [-0.1, -0.05) is 18.2 Å². The van der Waals surface area contributed by atoms with E-state index in [2.05, 4.69) is 10.4 Å². The Morgan fingerprint density at radius 1 is 1.33 bits per heavy atom. The molecular weight excluding hydrogens is 328 g/mol. The van der Waals surface area contributed by atoms with Gasteiger partial charge in [0.05, 0.1) is 24.1 Å². The van der Waals surface area contributed by atoms with Gasteiger partial charge in [-0.25, -0.2) is 0 Å². The fourth-order valence-corrected chi connectivity index (χ4v) is 3.75. The van der Waals surface area contributed by atoms with Gasteiger partial charge >= 0.3 is 0 Å². The molecule has 1 atom stereocenters.